The van der Waals surface area contributed by atoms with Gasteiger partial charge in [-0.25, -0.2) is 5.43 Å². The van der Waals surface area contributed by atoms with Gasteiger partial charge in [0.1, 0.15) is 11.5 Å². The van der Waals surface area contributed by atoms with Crippen LogP contribution in [0.4, 0.5) is 0 Å². The summed E-state index contributed by atoms with van der Waals surface area (Å²) in [6, 6.07) is 12.9. The number of hydrogen-bond acceptors (Lipinski definition) is 4. The number of nitrogens with one attached hydrogen (secondary N) is 1. The molecule has 0 bridgehead atoms. The molecular formula is C19H22N2O3. The SMILES string of the molecule is CCOc1ccc(/C=N/NC(=O)c2ccccc2C)c(OCC)c1. The summed E-state index contributed by atoms with van der Waals surface area (Å²) in [6.07, 6.45) is 1.57. The zero-order valence-electron chi connectivity index (χ0n) is 14.2. The van der Waals surface area contributed by atoms with Crippen LogP contribution in [0.15, 0.2) is 47.6 Å². The topological polar surface area (TPSA) is 59.9 Å². The highest BCUT2D eigenvalue weighted by molar-refractivity contribution is 5.96. The van der Waals surface area contributed by atoms with Gasteiger partial charge in [0, 0.05) is 17.2 Å². The van der Waals surface area contributed by atoms with Crippen LogP contribution in [0, 0.1) is 6.92 Å². The van der Waals surface area contributed by atoms with Crippen molar-refractivity contribution in [2.45, 2.75) is 20.8 Å². The molecule has 5 nitrogen and oxygen atoms in total. The molecule has 0 saturated carbocycles. The standard InChI is InChI=1S/C19H22N2O3/c1-4-23-16-11-10-15(18(12-16)24-5-2)13-20-21-19(22)17-9-7-6-8-14(17)3/h6-13H,4-5H2,1-3H3,(H,21,22)/b20-13+. The smallest absolute Gasteiger partial charge is 0.271 e. The molecule has 1 N–H and O–H groups in total. The Labute approximate surface area is 142 Å². The molecule has 0 atom stereocenters. The van der Waals surface area contributed by atoms with E-state index < -0.39 is 0 Å². The minimum absolute atomic E-state index is 0.242. The van der Waals surface area contributed by atoms with Crippen LogP contribution in [-0.2, 0) is 0 Å². The minimum atomic E-state index is -0.242. The monoisotopic (exact) mass is 326 g/mol. The predicted molar refractivity (Wildman–Crippen MR) is 95.0 cm³/mol. The number of hydrogen-bond donors (Lipinski definition) is 1. The average molecular weight is 326 g/mol. The van der Waals surface area contributed by atoms with E-state index in [2.05, 4.69) is 10.5 Å². The lowest BCUT2D eigenvalue weighted by Gasteiger charge is -2.10. The van der Waals surface area contributed by atoms with Crippen LogP contribution < -0.4 is 14.9 Å². The van der Waals surface area contributed by atoms with E-state index in [4.69, 9.17) is 9.47 Å². The van der Waals surface area contributed by atoms with Gasteiger partial charge in [0.25, 0.3) is 5.91 Å². The molecule has 24 heavy (non-hydrogen) atoms. The highest BCUT2D eigenvalue weighted by atomic mass is 16.5. The first-order valence-corrected chi connectivity index (χ1v) is 7.94. The first-order chi connectivity index (χ1) is 11.7. The first kappa shape index (κ1) is 17.5. The van der Waals surface area contributed by atoms with Gasteiger partial charge in [0.2, 0.25) is 0 Å². The second-order valence-corrected chi connectivity index (χ2v) is 5.08. The predicted octanol–water partition coefficient (Wildman–Crippen LogP) is 3.56. The van der Waals surface area contributed by atoms with Crippen LogP contribution in [0.2, 0.25) is 0 Å². The molecular weight excluding hydrogens is 304 g/mol. The van der Waals surface area contributed by atoms with Crippen LogP contribution in [0.25, 0.3) is 0 Å². The van der Waals surface area contributed by atoms with E-state index in [1.165, 1.54) is 0 Å². The Balaban J connectivity index is 2.10. The molecule has 0 unspecified atom stereocenters. The van der Waals surface area contributed by atoms with E-state index in [0.717, 1.165) is 16.9 Å². The Morgan fingerprint density at radius 1 is 1.12 bits per heavy atom. The fraction of sp³-hybridized carbons (Fsp3) is 0.263. The Morgan fingerprint density at radius 2 is 1.88 bits per heavy atom. The normalized spacial score (nSPS) is 10.6. The highest BCUT2D eigenvalue weighted by Gasteiger charge is 2.07. The molecule has 0 aliphatic heterocycles. The molecule has 5 heteroatoms. The van der Waals surface area contributed by atoms with Crippen LogP contribution in [0.5, 0.6) is 11.5 Å². The summed E-state index contributed by atoms with van der Waals surface area (Å²) in [5.41, 5.74) is 4.82. The molecule has 0 fully saturated rings. The van der Waals surface area contributed by atoms with Crippen LogP contribution in [0.3, 0.4) is 0 Å². The molecule has 2 rings (SSSR count). The lowest BCUT2D eigenvalue weighted by molar-refractivity contribution is 0.0954. The van der Waals surface area contributed by atoms with Crippen molar-refractivity contribution in [1.82, 2.24) is 5.43 Å². The summed E-state index contributed by atoms with van der Waals surface area (Å²) in [6.45, 7) is 6.85. The molecule has 1 amide bonds. The largest absolute Gasteiger partial charge is 0.494 e. The van der Waals surface area contributed by atoms with Crippen LogP contribution in [-0.4, -0.2) is 25.3 Å². The van der Waals surface area contributed by atoms with E-state index in [-0.39, 0.29) is 5.91 Å². The van der Waals surface area contributed by atoms with Crippen molar-refractivity contribution in [3.63, 3.8) is 0 Å². The zero-order chi connectivity index (χ0) is 17.4. The lowest BCUT2D eigenvalue weighted by atomic mass is 10.1. The zero-order valence-corrected chi connectivity index (χ0v) is 14.2. The molecule has 2 aromatic carbocycles. The van der Waals surface area contributed by atoms with Gasteiger partial charge >= 0.3 is 0 Å². The Morgan fingerprint density at radius 3 is 2.58 bits per heavy atom. The second kappa shape index (κ2) is 8.72. The number of ether oxygens (including phenoxy) is 2. The minimum Gasteiger partial charge on any atom is -0.494 e. The van der Waals surface area contributed by atoms with Gasteiger partial charge in [0.05, 0.1) is 19.4 Å². The van der Waals surface area contributed by atoms with Crippen molar-refractivity contribution in [2.24, 2.45) is 5.10 Å². The molecule has 0 radical (unpaired) electrons. The Hall–Kier alpha value is -2.82. The third-order valence-electron chi connectivity index (χ3n) is 3.36. The molecule has 126 valence electrons. The quantitative estimate of drug-likeness (QED) is 0.625. The molecule has 2 aromatic rings. The van der Waals surface area contributed by atoms with Gasteiger partial charge in [0.15, 0.2) is 0 Å². The van der Waals surface area contributed by atoms with Crippen molar-refractivity contribution in [2.75, 3.05) is 13.2 Å². The third-order valence-corrected chi connectivity index (χ3v) is 3.36. The van der Waals surface area contributed by atoms with E-state index in [1.807, 2.05) is 57.2 Å². The molecule has 0 aromatic heterocycles. The van der Waals surface area contributed by atoms with Gasteiger partial charge in [-0.1, -0.05) is 18.2 Å². The number of hydrazone groups is 1. The molecule has 0 heterocycles. The summed E-state index contributed by atoms with van der Waals surface area (Å²) in [4.78, 5) is 12.1. The maximum Gasteiger partial charge on any atom is 0.271 e. The van der Waals surface area contributed by atoms with E-state index in [0.29, 0.717) is 24.5 Å². The van der Waals surface area contributed by atoms with Crippen molar-refractivity contribution in [1.29, 1.82) is 0 Å². The number of rotatable bonds is 7. The Bertz CT molecular complexity index is 726. The summed E-state index contributed by atoms with van der Waals surface area (Å²) in [5.74, 6) is 1.16. The Kier molecular flexibility index (Phi) is 6.37. The molecule has 0 aliphatic rings. The number of amides is 1. The van der Waals surface area contributed by atoms with Crippen LogP contribution >= 0.6 is 0 Å². The number of benzene rings is 2. The van der Waals surface area contributed by atoms with Gasteiger partial charge < -0.3 is 9.47 Å². The highest BCUT2D eigenvalue weighted by Crippen LogP contribution is 2.24. The summed E-state index contributed by atoms with van der Waals surface area (Å²) < 4.78 is 11.1. The third kappa shape index (κ3) is 4.59. The molecule has 0 spiro atoms. The lowest BCUT2D eigenvalue weighted by Crippen LogP contribution is -2.18. The fourth-order valence-corrected chi connectivity index (χ4v) is 2.21. The van der Waals surface area contributed by atoms with Crippen molar-refractivity contribution < 1.29 is 14.3 Å². The van der Waals surface area contributed by atoms with Crippen molar-refractivity contribution >= 4 is 12.1 Å². The summed E-state index contributed by atoms with van der Waals surface area (Å²) in [7, 11) is 0. The maximum absolute atomic E-state index is 12.1. The van der Waals surface area contributed by atoms with E-state index >= 15 is 0 Å². The van der Waals surface area contributed by atoms with E-state index in [1.54, 1.807) is 12.3 Å². The summed E-state index contributed by atoms with van der Waals surface area (Å²) in [5, 5.41) is 4.03. The van der Waals surface area contributed by atoms with Crippen molar-refractivity contribution in [3.05, 3.63) is 59.2 Å². The number of carbonyl (C=O) groups is 1. The first-order valence-electron chi connectivity index (χ1n) is 7.94. The number of aryl methyl sites for hydroxylation is 1. The molecule has 0 aliphatic carbocycles. The van der Waals surface area contributed by atoms with Gasteiger partial charge in [-0.2, -0.15) is 5.10 Å². The van der Waals surface area contributed by atoms with Gasteiger partial charge in [-0.05, 0) is 44.5 Å². The van der Waals surface area contributed by atoms with E-state index in [9.17, 15) is 4.79 Å². The number of carbonyl (C=O) groups excluding carboxylic acids is 1. The summed E-state index contributed by atoms with van der Waals surface area (Å²) >= 11 is 0. The van der Waals surface area contributed by atoms with Crippen LogP contribution in [0.1, 0.15) is 35.3 Å². The second-order valence-electron chi connectivity index (χ2n) is 5.08. The van der Waals surface area contributed by atoms with Gasteiger partial charge in [-0.15, -0.1) is 0 Å². The fourth-order valence-electron chi connectivity index (χ4n) is 2.21. The maximum atomic E-state index is 12.1. The van der Waals surface area contributed by atoms with Gasteiger partial charge in [-0.3, -0.25) is 4.79 Å². The molecule has 0 saturated heterocycles. The number of nitrogens with zero attached hydrogens (tertiary/aromatic N) is 1. The average Bonchev–Trinajstić information content (AvgIpc) is 2.57. The van der Waals surface area contributed by atoms with Crippen molar-refractivity contribution in [3.8, 4) is 11.5 Å².